The summed E-state index contributed by atoms with van der Waals surface area (Å²) in [6.07, 6.45) is -6.55. The molecule has 0 N–H and O–H groups in total. The summed E-state index contributed by atoms with van der Waals surface area (Å²) >= 11 is 0. The predicted octanol–water partition coefficient (Wildman–Crippen LogP) is 4.34. The second-order valence-corrected chi connectivity index (χ2v) is 7.28. The number of likely N-dealkylation sites (tertiary alicyclic amines) is 1. The first-order valence-electron chi connectivity index (χ1n) is 8.12. The lowest BCUT2D eigenvalue weighted by Gasteiger charge is -2.42. The molecule has 1 atom stereocenters. The second kappa shape index (κ2) is 6.69. The van der Waals surface area contributed by atoms with Gasteiger partial charge >= 0.3 is 12.3 Å². The zero-order valence-electron chi connectivity index (χ0n) is 14.5. The van der Waals surface area contributed by atoms with Gasteiger partial charge in [0.25, 0.3) is 0 Å². The van der Waals surface area contributed by atoms with E-state index in [-0.39, 0.29) is 19.4 Å². The molecule has 1 saturated heterocycles. The monoisotopic (exact) mass is 357 g/mol. The molecule has 0 saturated carbocycles. The number of carbonyl (C=O) groups is 2. The van der Waals surface area contributed by atoms with E-state index in [0.717, 1.165) is 0 Å². The van der Waals surface area contributed by atoms with Crippen LogP contribution in [0, 0.1) is 5.41 Å². The minimum absolute atomic E-state index is 0.0691. The predicted molar refractivity (Wildman–Crippen MR) is 85.8 cm³/mol. The number of halogens is 3. The van der Waals surface area contributed by atoms with Crippen LogP contribution in [0.4, 0.5) is 18.0 Å². The largest absolute Gasteiger partial charge is 0.443 e. The van der Waals surface area contributed by atoms with Crippen LogP contribution in [0.25, 0.3) is 0 Å². The lowest BCUT2D eigenvalue weighted by molar-refractivity contribution is -0.233. The Morgan fingerprint density at radius 1 is 1.20 bits per heavy atom. The number of hydrogen-bond acceptors (Lipinski definition) is 3. The quantitative estimate of drug-likeness (QED) is 0.791. The van der Waals surface area contributed by atoms with Gasteiger partial charge in [-0.25, -0.2) is 9.69 Å². The Balaban J connectivity index is 2.36. The zero-order chi connectivity index (χ0) is 18.9. The van der Waals surface area contributed by atoms with Crippen molar-refractivity contribution in [1.29, 1.82) is 0 Å². The summed E-state index contributed by atoms with van der Waals surface area (Å²) in [7, 11) is 0. The highest BCUT2D eigenvalue weighted by atomic mass is 19.4. The molecule has 138 valence electrons. The highest BCUT2D eigenvalue weighted by Crippen LogP contribution is 2.48. The van der Waals surface area contributed by atoms with Crippen molar-refractivity contribution in [3.8, 4) is 0 Å². The van der Waals surface area contributed by atoms with Crippen molar-refractivity contribution in [2.24, 2.45) is 5.41 Å². The van der Waals surface area contributed by atoms with E-state index in [1.165, 1.54) is 0 Å². The van der Waals surface area contributed by atoms with Crippen LogP contribution in [0.3, 0.4) is 0 Å². The SMILES string of the molecule is CC(C)(C)OC(=O)N1CCCC(Cc2ccccc2)(C(F)(F)F)C1=O. The van der Waals surface area contributed by atoms with Crippen LogP contribution in [0.15, 0.2) is 30.3 Å². The molecule has 1 aromatic carbocycles. The molecule has 1 aromatic rings. The number of alkyl halides is 3. The average molecular weight is 357 g/mol. The number of ether oxygens (including phenoxy) is 1. The first-order valence-corrected chi connectivity index (χ1v) is 8.12. The number of nitrogens with zero attached hydrogens (tertiary/aromatic N) is 1. The number of carbonyl (C=O) groups excluding carboxylic acids is 2. The van der Waals surface area contributed by atoms with Crippen molar-refractivity contribution in [1.82, 2.24) is 4.90 Å². The van der Waals surface area contributed by atoms with Crippen LogP contribution >= 0.6 is 0 Å². The van der Waals surface area contributed by atoms with E-state index < -0.39 is 35.6 Å². The molecule has 2 rings (SSSR count). The van der Waals surface area contributed by atoms with Crippen molar-refractivity contribution < 1.29 is 27.5 Å². The van der Waals surface area contributed by atoms with Gasteiger partial charge in [-0.05, 0) is 45.6 Å². The van der Waals surface area contributed by atoms with E-state index in [4.69, 9.17) is 4.74 Å². The molecular formula is C18H22F3NO3. The number of rotatable bonds is 2. The lowest BCUT2D eigenvalue weighted by atomic mass is 9.73. The summed E-state index contributed by atoms with van der Waals surface area (Å²) < 4.78 is 46.8. The van der Waals surface area contributed by atoms with Crippen LogP contribution < -0.4 is 0 Å². The zero-order valence-corrected chi connectivity index (χ0v) is 14.5. The van der Waals surface area contributed by atoms with Crippen molar-refractivity contribution >= 4 is 12.0 Å². The van der Waals surface area contributed by atoms with Crippen LogP contribution in [-0.4, -0.2) is 35.2 Å². The molecule has 4 nitrogen and oxygen atoms in total. The van der Waals surface area contributed by atoms with Gasteiger partial charge in [-0.1, -0.05) is 30.3 Å². The maximum absolute atomic E-state index is 13.9. The van der Waals surface area contributed by atoms with Crippen LogP contribution in [0.1, 0.15) is 39.2 Å². The molecule has 1 aliphatic heterocycles. The smallest absolute Gasteiger partial charge is 0.417 e. The molecule has 0 bridgehead atoms. The van der Waals surface area contributed by atoms with Gasteiger partial charge in [0, 0.05) is 6.54 Å². The number of benzene rings is 1. The maximum atomic E-state index is 13.9. The molecule has 1 aliphatic rings. The second-order valence-electron chi connectivity index (χ2n) is 7.28. The number of piperidine rings is 1. The average Bonchev–Trinajstić information content (AvgIpc) is 2.47. The minimum Gasteiger partial charge on any atom is -0.443 e. The van der Waals surface area contributed by atoms with Gasteiger partial charge in [0.05, 0.1) is 0 Å². The Labute approximate surface area is 144 Å². The van der Waals surface area contributed by atoms with Crippen molar-refractivity contribution in [2.75, 3.05) is 6.54 Å². The van der Waals surface area contributed by atoms with Gasteiger partial charge in [0.15, 0.2) is 0 Å². The Morgan fingerprint density at radius 3 is 2.32 bits per heavy atom. The Bertz CT molecular complexity index is 637. The number of imide groups is 1. The van der Waals surface area contributed by atoms with Gasteiger partial charge in [-0.3, -0.25) is 4.79 Å². The van der Waals surface area contributed by atoms with Gasteiger partial charge < -0.3 is 4.74 Å². The van der Waals surface area contributed by atoms with Gasteiger partial charge in [-0.2, -0.15) is 13.2 Å². The Kier molecular flexibility index (Phi) is 5.16. The fourth-order valence-electron chi connectivity index (χ4n) is 2.97. The van der Waals surface area contributed by atoms with Crippen molar-refractivity contribution in [3.63, 3.8) is 0 Å². The topological polar surface area (TPSA) is 46.6 Å². The third-order valence-corrected chi connectivity index (χ3v) is 4.15. The maximum Gasteiger partial charge on any atom is 0.417 e. The van der Waals surface area contributed by atoms with Crippen LogP contribution in [0.2, 0.25) is 0 Å². The third kappa shape index (κ3) is 4.14. The van der Waals surface area contributed by atoms with Crippen LogP contribution in [-0.2, 0) is 16.0 Å². The van der Waals surface area contributed by atoms with Crippen LogP contribution in [0.5, 0.6) is 0 Å². The normalized spacial score (nSPS) is 22.0. The number of amides is 2. The standard InChI is InChI=1S/C18H22F3NO3/c1-16(2,3)25-15(24)22-11-7-10-17(14(22)23,18(19,20)21)12-13-8-5-4-6-9-13/h4-6,8-9H,7,10-12H2,1-3H3. The molecule has 1 heterocycles. The molecule has 1 fully saturated rings. The highest BCUT2D eigenvalue weighted by molar-refractivity contribution is 5.96. The van der Waals surface area contributed by atoms with E-state index in [9.17, 15) is 22.8 Å². The third-order valence-electron chi connectivity index (χ3n) is 4.15. The first kappa shape index (κ1) is 19.3. The molecule has 7 heteroatoms. The van der Waals surface area contributed by atoms with Crippen molar-refractivity contribution in [3.05, 3.63) is 35.9 Å². The summed E-state index contributed by atoms with van der Waals surface area (Å²) in [6.45, 7) is 4.72. The summed E-state index contributed by atoms with van der Waals surface area (Å²) in [5, 5.41) is 0. The van der Waals surface area contributed by atoms with E-state index in [0.29, 0.717) is 10.5 Å². The van der Waals surface area contributed by atoms with E-state index in [1.807, 2.05) is 0 Å². The molecule has 0 spiro atoms. The lowest BCUT2D eigenvalue weighted by Crippen LogP contribution is -2.59. The molecule has 0 aliphatic carbocycles. The van der Waals surface area contributed by atoms with Crippen molar-refractivity contribution in [2.45, 2.75) is 51.8 Å². The Hall–Kier alpha value is -2.05. The van der Waals surface area contributed by atoms with E-state index in [1.54, 1.807) is 51.1 Å². The van der Waals surface area contributed by atoms with E-state index in [2.05, 4.69) is 0 Å². The molecule has 25 heavy (non-hydrogen) atoms. The summed E-state index contributed by atoms with van der Waals surface area (Å²) in [5.41, 5.74) is -3.10. The van der Waals surface area contributed by atoms with E-state index >= 15 is 0 Å². The fourth-order valence-corrected chi connectivity index (χ4v) is 2.97. The van der Waals surface area contributed by atoms with Gasteiger partial charge in [0.1, 0.15) is 11.0 Å². The fraction of sp³-hybridized carbons (Fsp3) is 0.556. The first-order chi connectivity index (χ1) is 11.5. The molecule has 0 radical (unpaired) electrons. The van der Waals surface area contributed by atoms with Gasteiger partial charge in [-0.15, -0.1) is 0 Å². The summed E-state index contributed by atoms with van der Waals surface area (Å²) in [4.78, 5) is 25.5. The highest BCUT2D eigenvalue weighted by Gasteiger charge is 2.63. The molecule has 2 amide bonds. The minimum atomic E-state index is -4.76. The molecule has 0 aromatic heterocycles. The van der Waals surface area contributed by atoms with Gasteiger partial charge in [0.2, 0.25) is 5.91 Å². The molecular weight excluding hydrogens is 335 g/mol. The molecule has 1 unspecified atom stereocenters. The summed E-state index contributed by atoms with van der Waals surface area (Å²) in [5.74, 6) is -1.23. The Morgan fingerprint density at radius 2 is 1.80 bits per heavy atom. The summed E-state index contributed by atoms with van der Waals surface area (Å²) in [6, 6.07) is 8.04. The number of hydrogen-bond donors (Lipinski definition) is 0.